The Hall–Kier alpha value is -2.83. The molecule has 2 aromatic heterocycles. The maximum atomic E-state index is 13.2. The van der Waals surface area contributed by atoms with Gasteiger partial charge in [0.25, 0.3) is 5.56 Å². The number of hydrogen-bond acceptors (Lipinski definition) is 4. The van der Waals surface area contributed by atoms with Crippen molar-refractivity contribution >= 4 is 22.8 Å². The van der Waals surface area contributed by atoms with Crippen molar-refractivity contribution in [3.8, 4) is 0 Å². The zero-order valence-corrected chi connectivity index (χ0v) is 17.7. The maximum absolute atomic E-state index is 13.2. The first-order valence-electron chi connectivity index (χ1n) is 10.5. The van der Waals surface area contributed by atoms with Crippen molar-refractivity contribution < 1.29 is 0 Å². The van der Waals surface area contributed by atoms with E-state index in [-0.39, 0.29) is 11.2 Å². The standard InChI is InChI=1S/C22H29N5O2/c1-5-6-7-8-11-27-20(28)18-19(24(4)22(27)29)23-21-25(12-13-26(18)21)17-10-9-15(2)16(3)14-17/h9-10,14H,5-8,11-13H2,1-4H3. The highest BCUT2D eigenvalue weighted by Gasteiger charge is 2.28. The van der Waals surface area contributed by atoms with Gasteiger partial charge in [0.05, 0.1) is 0 Å². The molecule has 3 aromatic rings. The molecule has 0 unspecified atom stereocenters. The minimum Gasteiger partial charge on any atom is -0.310 e. The Morgan fingerprint density at radius 3 is 2.55 bits per heavy atom. The number of aryl methyl sites for hydroxylation is 3. The minimum absolute atomic E-state index is 0.222. The fourth-order valence-electron chi connectivity index (χ4n) is 4.11. The van der Waals surface area contributed by atoms with Gasteiger partial charge in [-0.15, -0.1) is 0 Å². The second-order valence-electron chi connectivity index (χ2n) is 8.01. The lowest BCUT2D eigenvalue weighted by atomic mass is 10.1. The van der Waals surface area contributed by atoms with Crippen molar-refractivity contribution in [2.24, 2.45) is 7.05 Å². The highest BCUT2D eigenvalue weighted by molar-refractivity contribution is 5.77. The summed E-state index contributed by atoms with van der Waals surface area (Å²) in [5, 5.41) is 0. The average Bonchev–Trinajstić information content (AvgIpc) is 3.27. The van der Waals surface area contributed by atoms with E-state index in [9.17, 15) is 9.59 Å². The molecule has 1 aromatic carbocycles. The first kappa shape index (κ1) is 19.5. The molecule has 7 nitrogen and oxygen atoms in total. The molecular weight excluding hydrogens is 366 g/mol. The molecule has 7 heteroatoms. The van der Waals surface area contributed by atoms with Crippen LogP contribution < -0.4 is 16.1 Å². The van der Waals surface area contributed by atoms with E-state index >= 15 is 0 Å². The topological polar surface area (TPSA) is 65.1 Å². The molecule has 0 N–H and O–H groups in total. The fourth-order valence-corrected chi connectivity index (χ4v) is 4.11. The number of anilines is 2. The van der Waals surface area contributed by atoms with Gasteiger partial charge in [0.2, 0.25) is 5.95 Å². The summed E-state index contributed by atoms with van der Waals surface area (Å²) in [6.07, 6.45) is 4.10. The van der Waals surface area contributed by atoms with Gasteiger partial charge in [-0.2, -0.15) is 4.98 Å². The van der Waals surface area contributed by atoms with Crippen LogP contribution in [-0.4, -0.2) is 25.2 Å². The molecule has 1 aliphatic heterocycles. The van der Waals surface area contributed by atoms with Gasteiger partial charge in [0, 0.05) is 32.4 Å². The summed E-state index contributed by atoms with van der Waals surface area (Å²) < 4.78 is 4.86. The van der Waals surface area contributed by atoms with Crippen LogP contribution in [0.15, 0.2) is 27.8 Å². The molecule has 4 rings (SSSR count). The molecule has 0 radical (unpaired) electrons. The smallest absolute Gasteiger partial charge is 0.310 e. The number of benzene rings is 1. The number of unbranched alkanes of at least 4 members (excludes halogenated alkanes) is 3. The number of rotatable bonds is 6. The summed E-state index contributed by atoms with van der Waals surface area (Å²) in [7, 11) is 1.70. The summed E-state index contributed by atoms with van der Waals surface area (Å²) in [5.74, 6) is 0.735. The number of hydrogen-bond donors (Lipinski definition) is 0. The van der Waals surface area contributed by atoms with Crippen LogP contribution in [-0.2, 0) is 20.1 Å². The highest BCUT2D eigenvalue weighted by Crippen LogP contribution is 2.32. The van der Waals surface area contributed by atoms with Gasteiger partial charge in [-0.05, 0) is 43.5 Å². The minimum atomic E-state index is -0.284. The van der Waals surface area contributed by atoms with E-state index in [1.54, 1.807) is 7.05 Å². The van der Waals surface area contributed by atoms with Crippen molar-refractivity contribution in [1.82, 2.24) is 18.7 Å². The number of fused-ring (bicyclic) bond motifs is 3. The van der Waals surface area contributed by atoms with Crippen molar-refractivity contribution in [3.63, 3.8) is 0 Å². The van der Waals surface area contributed by atoms with Gasteiger partial charge in [-0.3, -0.25) is 13.9 Å². The fraction of sp³-hybridized carbons (Fsp3) is 0.500. The molecule has 1 aliphatic rings. The van der Waals surface area contributed by atoms with Crippen molar-refractivity contribution in [1.29, 1.82) is 0 Å². The van der Waals surface area contributed by atoms with Crippen molar-refractivity contribution in [2.75, 3.05) is 11.4 Å². The molecule has 29 heavy (non-hydrogen) atoms. The van der Waals surface area contributed by atoms with Crippen LogP contribution in [0, 0.1) is 13.8 Å². The van der Waals surface area contributed by atoms with E-state index in [0.717, 1.165) is 43.9 Å². The third-order valence-electron chi connectivity index (χ3n) is 6.04. The van der Waals surface area contributed by atoms with Gasteiger partial charge in [-0.1, -0.05) is 32.3 Å². The van der Waals surface area contributed by atoms with E-state index in [4.69, 9.17) is 4.98 Å². The van der Waals surface area contributed by atoms with Crippen LogP contribution in [0.5, 0.6) is 0 Å². The van der Waals surface area contributed by atoms with Gasteiger partial charge in [0.15, 0.2) is 11.2 Å². The largest absolute Gasteiger partial charge is 0.332 e. The summed E-state index contributed by atoms with van der Waals surface area (Å²) in [6.45, 7) is 8.24. The van der Waals surface area contributed by atoms with Crippen LogP contribution in [0.1, 0.15) is 43.7 Å². The lowest BCUT2D eigenvalue weighted by Gasteiger charge is -2.17. The Bertz CT molecular complexity index is 1180. The predicted molar refractivity (Wildman–Crippen MR) is 116 cm³/mol. The quantitative estimate of drug-likeness (QED) is 0.601. The molecule has 0 saturated heterocycles. The lowest BCUT2D eigenvalue weighted by molar-refractivity contribution is 0.538. The Labute approximate surface area is 170 Å². The summed E-state index contributed by atoms with van der Waals surface area (Å²) in [5.41, 5.74) is 4.02. The average molecular weight is 396 g/mol. The van der Waals surface area contributed by atoms with Crippen LogP contribution in [0.25, 0.3) is 11.2 Å². The van der Waals surface area contributed by atoms with Gasteiger partial charge < -0.3 is 9.47 Å². The zero-order chi connectivity index (χ0) is 20.7. The molecule has 0 atom stereocenters. The van der Waals surface area contributed by atoms with E-state index in [2.05, 4.69) is 43.9 Å². The van der Waals surface area contributed by atoms with E-state index in [0.29, 0.717) is 24.3 Å². The van der Waals surface area contributed by atoms with Crippen LogP contribution in [0.3, 0.4) is 0 Å². The van der Waals surface area contributed by atoms with Gasteiger partial charge in [-0.25, -0.2) is 4.79 Å². The van der Waals surface area contributed by atoms with Crippen LogP contribution in [0.4, 0.5) is 11.6 Å². The predicted octanol–water partition coefficient (Wildman–Crippen LogP) is 3.25. The first-order chi connectivity index (χ1) is 13.9. The Balaban J connectivity index is 1.80. The van der Waals surface area contributed by atoms with Crippen LogP contribution in [0.2, 0.25) is 0 Å². The number of nitrogens with zero attached hydrogens (tertiary/aromatic N) is 5. The normalized spacial score (nSPS) is 13.4. The molecule has 0 fully saturated rings. The monoisotopic (exact) mass is 395 g/mol. The second kappa shape index (κ2) is 7.54. The third-order valence-corrected chi connectivity index (χ3v) is 6.04. The third kappa shape index (κ3) is 3.18. The summed E-state index contributed by atoms with van der Waals surface area (Å²) in [6, 6.07) is 6.34. The van der Waals surface area contributed by atoms with E-state index in [1.807, 2.05) is 4.57 Å². The molecule has 0 aliphatic carbocycles. The number of aromatic nitrogens is 4. The molecule has 3 heterocycles. The Kier molecular flexibility index (Phi) is 5.06. The van der Waals surface area contributed by atoms with E-state index < -0.39 is 0 Å². The first-order valence-corrected chi connectivity index (χ1v) is 10.5. The molecule has 0 saturated carbocycles. The molecule has 0 spiro atoms. The second-order valence-corrected chi connectivity index (χ2v) is 8.01. The van der Waals surface area contributed by atoms with Crippen molar-refractivity contribution in [3.05, 3.63) is 50.2 Å². The number of imidazole rings is 1. The summed E-state index contributed by atoms with van der Waals surface area (Å²) in [4.78, 5) is 32.8. The lowest BCUT2D eigenvalue weighted by Crippen LogP contribution is -2.39. The maximum Gasteiger partial charge on any atom is 0.332 e. The highest BCUT2D eigenvalue weighted by atomic mass is 16.2. The van der Waals surface area contributed by atoms with Crippen molar-refractivity contribution in [2.45, 2.75) is 59.5 Å². The summed E-state index contributed by atoms with van der Waals surface area (Å²) >= 11 is 0. The molecular formula is C22H29N5O2. The molecule has 154 valence electrons. The SMILES string of the molecule is CCCCCCn1c(=O)c2c(nc3n2CCN3c2ccc(C)c(C)c2)n(C)c1=O. The Morgan fingerprint density at radius 2 is 1.83 bits per heavy atom. The zero-order valence-electron chi connectivity index (χ0n) is 17.7. The van der Waals surface area contributed by atoms with E-state index in [1.165, 1.54) is 20.3 Å². The van der Waals surface area contributed by atoms with Crippen LogP contribution >= 0.6 is 0 Å². The Morgan fingerprint density at radius 1 is 1.03 bits per heavy atom. The van der Waals surface area contributed by atoms with Gasteiger partial charge in [0.1, 0.15) is 0 Å². The molecule has 0 bridgehead atoms. The molecule has 0 amide bonds. The van der Waals surface area contributed by atoms with Gasteiger partial charge >= 0.3 is 5.69 Å².